The second-order valence-electron chi connectivity index (χ2n) is 4.71. The van der Waals surface area contributed by atoms with E-state index < -0.39 is 0 Å². The highest BCUT2D eigenvalue weighted by molar-refractivity contribution is 4.98. The summed E-state index contributed by atoms with van der Waals surface area (Å²) in [6.07, 6.45) is 5.77. The molecule has 2 rings (SSSR count). The molecular formula is C13H22N2O. The first kappa shape index (κ1) is 11.7. The lowest BCUT2D eigenvalue weighted by Crippen LogP contribution is -2.35. The van der Waals surface area contributed by atoms with Crippen LogP contribution in [-0.4, -0.2) is 31.6 Å². The summed E-state index contributed by atoms with van der Waals surface area (Å²) < 4.78 is 5.40. The number of likely N-dealkylation sites (tertiary alicyclic amines) is 1. The number of hydrogen-bond donors (Lipinski definition) is 1. The Morgan fingerprint density at radius 1 is 1.56 bits per heavy atom. The molecule has 1 N–H and O–H groups in total. The molecule has 0 saturated carbocycles. The third kappa shape index (κ3) is 3.35. The molecule has 0 spiro atoms. The lowest BCUT2D eigenvalue weighted by atomic mass is 9.95. The van der Waals surface area contributed by atoms with Gasteiger partial charge in [-0.3, -0.25) is 4.90 Å². The zero-order chi connectivity index (χ0) is 11.2. The average Bonchev–Trinajstić information content (AvgIpc) is 2.80. The molecule has 3 heteroatoms. The first-order valence-corrected chi connectivity index (χ1v) is 6.28. The highest BCUT2D eigenvalue weighted by atomic mass is 16.3. The quantitative estimate of drug-likeness (QED) is 0.827. The number of rotatable bonds is 5. The molecule has 1 saturated heterocycles. The van der Waals surface area contributed by atoms with Gasteiger partial charge in [0.1, 0.15) is 5.76 Å². The molecule has 2 heterocycles. The molecule has 1 atom stereocenters. The van der Waals surface area contributed by atoms with E-state index in [0.717, 1.165) is 24.8 Å². The Bertz CT molecular complexity index is 284. The van der Waals surface area contributed by atoms with Gasteiger partial charge in [0.25, 0.3) is 0 Å². The smallest absolute Gasteiger partial charge is 0.117 e. The summed E-state index contributed by atoms with van der Waals surface area (Å²) in [4.78, 5) is 2.52. The van der Waals surface area contributed by atoms with Gasteiger partial charge in [0.15, 0.2) is 0 Å². The summed E-state index contributed by atoms with van der Waals surface area (Å²) in [7, 11) is 2.03. The zero-order valence-corrected chi connectivity index (χ0v) is 10.1. The number of nitrogens with zero attached hydrogens (tertiary/aromatic N) is 1. The Kier molecular flexibility index (Phi) is 4.43. The second kappa shape index (κ2) is 6.06. The summed E-state index contributed by atoms with van der Waals surface area (Å²) in [5, 5.41) is 3.24. The zero-order valence-electron chi connectivity index (χ0n) is 10.1. The van der Waals surface area contributed by atoms with Gasteiger partial charge in [0.2, 0.25) is 0 Å². The summed E-state index contributed by atoms with van der Waals surface area (Å²) >= 11 is 0. The van der Waals surface area contributed by atoms with E-state index in [9.17, 15) is 0 Å². The fourth-order valence-electron chi connectivity index (χ4n) is 2.50. The first-order valence-electron chi connectivity index (χ1n) is 6.28. The summed E-state index contributed by atoms with van der Waals surface area (Å²) in [6, 6.07) is 4.04. The van der Waals surface area contributed by atoms with Crippen molar-refractivity contribution in [2.45, 2.75) is 25.8 Å². The van der Waals surface area contributed by atoms with Crippen LogP contribution in [0.2, 0.25) is 0 Å². The lowest BCUT2D eigenvalue weighted by Gasteiger charge is -2.32. The van der Waals surface area contributed by atoms with E-state index in [0.29, 0.717) is 0 Å². The Morgan fingerprint density at radius 2 is 2.50 bits per heavy atom. The Labute approximate surface area is 97.8 Å². The minimum Gasteiger partial charge on any atom is -0.468 e. The SMILES string of the molecule is CNCCC1CCCN(Cc2ccco2)C1. The molecule has 1 fully saturated rings. The van der Waals surface area contributed by atoms with Crippen LogP contribution in [0.5, 0.6) is 0 Å². The van der Waals surface area contributed by atoms with Crippen molar-refractivity contribution in [3.63, 3.8) is 0 Å². The van der Waals surface area contributed by atoms with E-state index in [1.54, 1.807) is 6.26 Å². The lowest BCUT2D eigenvalue weighted by molar-refractivity contribution is 0.152. The third-order valence-electron chi connectivity index (χ3n) is 3.37. The van der Waals surface area contributed by atoms with Gasteiger partial charge in [0.05, 0.1) is 12.8 Å². The molecule has 3 nitrogen and oxygen atoms in total. The van der Waals surface area contributed by atoms with Gasteiger partial charge in [-0.05, 0) is 57.5 Å². The van der Waals surface area contributed by atoms with E-state index in [1.807, 2.05) is 13.1 Å². The topological polar surface area (TPSA) is 28.4 Å². The molecule has 0 bridgehead atoms. The monoisotopic (exact) mass is 222 g/mol. The molecule has 0 aromatic carbocycles. The van der Waals surface area contributed by atoms with Gasteiger partial charge < -0.3 is 9.73 Å². The minimum atomic E-state index is 0.858. The maximum absolute atomic E-state index is 5.40. The Balaban J connectivity index is 1.77. The van der Waals surface area contributed by atoms with Crippen LogP contribution >= 0.6 is 0 Å². The van der Waals surface area contributed by atoms with Crippen molar-refractivity contribution in [2.75, 3.05) is 26.7 Å². The van der Waals surface area contributed by atoms with Crippen LogP contribution in [-0.2, 0) is 6.54 Å². The number of hydrogen-bond acceptors (Lipinski definition) is 3. The molecule has 90 valence electrons. The standard InChI is InChI=1S/C13H22N2O/c1-14-7-6-12-4-2-8-15(10-12)11-13-5-3-9-16-13/h3,5,9,12,14H,2,4,6-8,10-11H2,1H3. The number of furan rings is 1. The summed E-state index contributed by atoms with van der Waals surface area (Å²) in [6.45, 7) is 4.56. The molecule has 1 aliphatic rings. The largest absolute Gasteiger partial charge is 0.468 e. The van der Waals surface area contributed by atoms with E-state index >= 15 is 0 Å². The van der Waals surface area contributed by atoms with Gasteiger partial charge in [-0.2, -0.15) is 0 Å². The van der Waals surface area contributed by atoms with Crippen LogP contribution < -0.4 is 5.32 Å². The van der Waals surface area contributed by atoms with Crippen LogP contribution in [0.15, 0.2) is 22.8 Å². The first-order chi connectivity index (χ1) is 7.88. The van der Waals surface area contributed by atoms with Crippen LogP contribution in [0.1, 0.15) is 25.0 Å². The van der Waals surface area contributed by atoms with Gasteiger partial charge in [-0.25, -0.2) is 0 Å². The van der Waals surface area contributed by atoms with Crippen molar-refractivity contribution in [2.24, 2.45) is 5.92 Å². The van der Waals surface area contributed by atoms with Crippen LogP contribution in [0.3, 0.4) is 0 Å². The maximum Gasteiger partial charge on any atom is 0.117 e. The van der Waals surface area contributed by atoms with Crippen molar-refractivity contribution < 1.29 is 4.42 Å². The van der Waals surface area contributed by atoms with Crippen molar-refractivity contribution in [1.29, 1.82) is 0 Å². The van der Waals surface area contributed by atoms with Crippen LogP contribution in [0.4, 0.5) is 0 Å². The Morgan fingerprint density at radius 3 is 3.25 bits per heavy atom. The molecule has 0 aliphatic carbocycles. The van der Waals surface area contributed by atoms with Crippen LogP contribution in [0.25, 0.3) is 0 Å². The molecule has 0 amide bonds. The second-order valence-corrected chi connectivity index (χ2v) is 4.71. The van der Waals surface area contributed by atoms with Crippen LogP contribution in [0, 0.1) is 5.92 Å². The van der Waals surface area contributed by atoms with Gasteiger partial charge in [0, 0.05) is 6.54 Å². The maximum atomic E-state index is 5.40. The van der Waals surface area contributed by atoms with Crippen molar-refractivity contribution >= 4 is 0 Å². The van der Waals surface area contributed by atoms with Crippen molar-refractivity contribution in [1.82, 2.24) is 10.2 Å². The normalized spacial score (nSPS) is 22.4. The molecule has 16 heavy (non-hydrogen) atoms. The molecule has 0 radical (unpaired) electrons. The summed E-state index contributed by atoms with van der Waals surface area (Å²) in [5.41, 5.74) is 0. The molecule has 1 aliphatic heterocycles. The molecule has 1 unspecified atom stereocenters. The van der Waals surface area contributed by atoms with Crippen molar-refractivity contribution in [3.8, 4) is 0 Å². The molecule has 1 aromatic heterocycles. The number of nitrogens with one attached hydrogen (secondary N) is 1. The predicted molar refractivity (Wildman–Crippen MR) is 65.3 cm³/mol. The fourth-order valence-corrected chi connectivity index (χ4v) is 2.50. The van der Waals surface area contributed by atoms with Crippen molar-refractivity contribution in [3.05, 3.63) is 24.2 Å². The van der Waals surface area contributed by atoms with Gasteiger partial charge in [-0.15, -0.1) is 0 Å². The number of piperidine rings is 1. The van der Waals surface area contributed by atoms with Gasteiger partial charge in [-0.1, -0.05) is 0 Å². The van der Waals surface area contributed by atoms with Gasteiger partial charge >= 0.3 is 0 Å². The van der Waals surface area contributed by atoms with E-state index in [4.69, 9.17) is 4.42 Å². The van der Waals surface area contributed by atoms with E-state index in [1.165, 1.54) is 32.4 Å². The molecular weight excluding hydrogens is 200 g/mol. The summed E-state index contributed by atoms with van der Waals surface area (Å²) in [5.74, 6) is 1.95. The highest BCUT2D eigenvalue weighted by Crippen LogP contribution is 2.20. The minimum absolute atomic E-state index is 0.858. The third-order valence-corrected chi connectivity index (χ3v) is 3.37. The van der Waals surface area contributed by atoms with E-state index in [2.05, 4.69) is 16.3 Å². The highest BCUT2D eigenvalue weighted by Gasteiger charge is 2.19. The Hall–Kier alpha value is -0.800. The predicted octanol–water partition coefficient (Wildman–Crippen LogP) is 2.10. The fraction of sp³-hybridized carbons (Fsp3) is 0.692. The molecule has 1 aromatic rings. The van der Waals surface area contributed by atoms with E-state index in [-0.39, 0.29) is 0 Å². The average molecular weight is 222 g/mol.